The van der Waals surface area contributed by atoms with Crippen LogP contribution in [0.25, 0.3) is 16.7 Å². The van der Waals surface area contributed by atoms with Gasteiger partial charge in [0.2, 0.25) is 0 Å². The molecule has 4 aromatic rings. The van der Waals surface area contributed by atoms with E-state index >= 15 is 0 Å². The molecule has 0 bridgehead atoms. The molecule has 7 heteroatoms. The minimum absolute atomic E-state index is 0.0958. The monoisotopic (exact) mass is 360 g/mol. The Labute approximate surface area is 156 Å². The maximum absolute atomic E-state index is 12.8. The standard InChI is InChI=1S/C20H20N6O/c1-14(2)11-17-23-19(26(24-17)18-9-5-6-10-21-18)12-25-13-22-16-8-4-3-7-15(16)20(25)27/h3-10,13-14H,11-12H2,1-2H3. The Bertz CT molecular complexity index is 1130. The van der Waals surface area contributed by atoms with Gasteiger partial charge in [0, 0.05) is 12.6 Å². The number of para-hydroxylation sites is 1. The Hall–Kier alpha value is -3.35. The molecule has 27 heavy (non-hydrogen) atoms. The number of nitrogens with zero attached hydrogens (tertiary/aromatic N) is 6. The van der Waals surface area contributed by atoms with Crippen molar-refractivity contribution in [3.63, 3.8) is 0 Å². The second kappa shape index (κ2) is 7.11. The van der Waals surface area contributed by atoms with Gasteiger partial charge in [-0.1, -0.05) is 32.0 Å². The summed E-state index contributed by atoms with van der Waals surface area (Å²) in [5, 5.41) is 5.21. The van der Waals surface area contributed by atoms with E-state index in [9.17, 15) is 4.79 Å². The average Bonchev–Trinajstić information content (AvgIpc) is 3.06. The highest BCUT2D eigenvalue weighted by molar-refractivity contribution is 5.76. The van der Waals surface area contributed by atoms with Gasteiger partial charge in [-0.2, -0.15) is 4.68 Å². The fraction of sp³-hybridized carbons (Fsp3) is 0.250. The fourth-order valence-corrected chi connectivity index (χ4v) is 2.98. The molecule has 0 aliphatic heterocycles. The van der Waals surface area contributed by atoms with Crippen molar-refractivity contribution in [1.29, 1.82) is 0 Å². The number of benzene rings is 1. The van der Waals surface area contributed by atoms with E-state index in [0.29, 0.717) is 28.5 Å². The second-order valence-electron chi connectivity index (χ2n) is 6.84. The van der Waals surface area contributed by atoms with E-state index in [1.54, 1.807) is 27.8 Å². The summed E-state index contributed by atoms with van der Waals surface area (Å²) in [6.45, 7) is 4.52. The first kappa shape index (κ1) is 17.1. The lowest BCUT2D eigenvalue weighted by Crippen LogP contribution is -2.23. The molecule has 1 aromatic carbocycles. The smallest absolute Gasteiger partial charge is 0.261 e. The highest BCUT2D eigenvalue weighted by Gasteiger charge is 2.15. The molecule has 0 amide bonds. The minimum Gasteiger partial charge on any atom is -0.291 e. The molecule has 3 aromatic heterocycles. The lowest BCUT2D eigenvalue weighted by Gasteiger charge is -2.07. The Morgan fingerprint density at radius 1 is 1.04 bits per heavy atom. The number of pyridine rings is 1. The van der Waals surface area contributed by atoms with Crippen molar-refractivity contribution in [2.45, 2.75) is 26.8 Å². The summed E-state index contributed by atoms with van der Waals surface area (Å²) >= 11 is 0. The van der Waals surface area contributed by atoms with Gasteiger partial charge in [0.25, 0.3) is 5.56 Å². The van der Waals surface area contributed by atoms with Crippen LogP contribution in [-0.4, -0.2) is 29.3 Å². The Balaban J connectivity index is 1.78. The van der Waals surface area contributed by atoms with Crippen LogP contribution in [0.2, 0.25) is 0 Å². The van der Waals surface area contributed by atoms with E-state index in [0.717, 1.165) is 12.2 Å². The largest absolute Gasteiger partial charge is 0.291 e. The van der Waals surface area contributed by atoms with E-state index in [1.807, 2.05) is 36.4 Å². The van der Waals surface area contributed by atoms with E-state index in [2.05, 4.69) is 33.9 Å². The molecule has 0 spiro atoms. The van der Waals surface area contributed by atoms with Crippen molar-refractivity contribution < 1.29 is 0 Å². The van der Waals surface area contributed by atoms with Crippen LogP contribution in [0.5, 0.6) is 0 Å². The molecule has 136 valence electrons. The molecule has 0 N–H and O–H groups in total. The highest BCUT2D eigenvalue weighted by Crippen LogP contribution is 2.12. The molecule has 7 nitrogen and oxygen atoms in total. The molecule has 0 atom stereocenters. The van der Waals surface area contributed by atoms with Crippen LogP contribution in [-0.2, 0) is 13.0 Å². The summed E-state index contributed by atoms with van der Waals surface area (Å²) in [4.78, 5) is 26.2. The third-order valence-corrected chi connectivity index (χ3v) is 4.22. The van der Waals surface area contributed by atoms with Crippen LogP contribution in [0.15, 0.2) is 59.8 Å². The Morgan fingerprint density at radius 2 is 1.85 bits per heavy atom. The fourth-order valence-electron chi connectivity index (χ4n) is 2.98. The Kier molecular flexibility index (Phi) is 4.50. The predicted molar refractivity (Wildman–Crippen MR) is 103 cm³/mol. The van der Waals surface area contributed by atoms with E-state index in [4.69, 9.17) is 0 Å². The van der Waals surface area contributed by atoms with Crippen LogP contribution >= 0.6 is 0 Å². The topological polar surface area (TPSA) is 78.5 Å². The predicted octanol–water partition coefficient (Wildman–Crippen LogP) is 2.62. The van der Waals surface area contributed by atoms with Gasteiger partial charge in [0.1, 0.15) is 0 Å². The maximum Gasteiger partial charge on any atom is 0.261 e. The lowest BCUT2D eigenvalue weighted by molar-refractivity contribution is 0.618. The number of hydrogen-bond acceptors (Lipinski definition) is 5. The van der Waals surface area contributed by atoms with Crippen molar-refractivity contribution in [2.75, 3.05) is 0 Å². The summed E-state index contributed by atoms with van der Waals surface area (Å²) in [6.07, 6.45) is 4.04. The molecular weight excluding hydrogens is 340 g/mol. The quantitative estimate of drug-likeness (QED) is 0.547. The van der Waals surface area contributed by atoms with Gasteiger partial charge in [0.05, 0.1) is 23.8 Å². The molecule has 0 radical (unpaired) electrons. The minimum atomic E-state index is -0.0958. The molecule has 0 unspecified atom stereocenters. The first-order valence-electron chi connectivity index (χ1n) is 8.92. The lowest BCUT2D eigenvalue weighted by atomic mass is 10.1. The zero-order valence-corrected chi connectivity index (χ0v) is 15.3. The van der Waals surface area contributed by atoms with Gasteiger partial charge in [-0.25, -0.2) is 15.0 Å². The number of aromatic nitrogens is 6. The van der Waals surface area contributed by atoms with Crippen molar-refractivity contribution in [3.05, 3.63) is 77.0 Å². The van der Waals surface area contributed by atoms with Gasteiger partial charge < -0.3 is 0 Å². The number of rotatable bonds is 5. The number of fused-ring (bicyclic) bond motifs is 1. The van der Waals surface area contributed by atoms with Crippen molar-refractivity contribution in [1.82, 2.24) is 29.3 Å². The molecule has 0 fully saturated rings. The third-order valence-electron chi connectivity index (χ3n) is 4.22. The molecule has 3 heterocycles. The summed E-state index contributed by atoms with van der Waals surface area (Å²) in [5.41, 5.74) is 0.590. The zero-order valence-electron chi connectivity index (χ0n) is 15.3. The first-order valence-corrected chi connectivity index (χ1v) is 8.92. The van der Waals surface area contributed by atoms with Crippen LogP contribution < -0.4 is 5.56 Å². The van der Waals surface area contributed by atoms with Gasteiger partial charge in [-0.15, -0.1) is 5.10 Å². The average molecular weight is 360 g/mol. The van der Waals surface area contributed by atoms with Crippen molar-refractivity contribution >= 4 is 10.9 Å². The molecular formula is C20H20N6O. The highest BCUT2D eigenvalue weighted by atomic mass is 16.1. The number of hydrogen-bond donors (Lipinski definition) is 0. The maximum atomic E-state index is 12.8. The third kappa shape index (κ3) is 3.48. The van der Waals surface area contributed by atoms with Crippen LogP contribution in [0.1, 0.15) is 25.5 Å². The van der Waals surface area contributed by atoms with Gasteiger partial charge in [-0.3, -0.25) is 9.36 Å². The van der Waals surface area contributed by atoms with Crippen molar-refractivity contribution in [2.24, 2.45) is 5.92 Å². The molecule has 0 saturated carbocycles. The molecule has 4 rings (SSSR count). The summed E-state index contributed by atoms with van der Waals surface area (Å²) in [7, 11) is 0. The van der Waals surface area contributed by atoms with Crippen LogP contribution in [0, 0.1) is 5.92 Å². The van der Waals surface area contributed by atoms with Crippen LogP contribution in [0.3, 0.4) is 0 Å². The molecule has 0 aliphatic rings. The van der Waals surface area contributed by atoms with Gasteiger partial charge in [-0.05, 0) is 30.2 Å². The van der Waals surface area contributed by atoms with E-state index in [-0.39, 0.29) is 12.1 Å². The zero-order chi connectivity index (χ0) is 18.8. The molecule has 0 aliphatic carbocycles. The van der Waals surface area contributed by atoms with Gasteiger partial charge >= 0.3 is 0 Å². The second-order valence-corrected chi connectivity index (χ2v) is 6.84. The molecule has 0 saturated heterocycles. The Morgan fingerprint density at radius 3 is 2.63 bits per heavy atom. The SMILES string of the molecule is CC(C)Cc1nc(Cn2cnc3ccccc3c2=O)n(-c2ccccn2)n1. The van der Waals surface area contributed by atoms with Crippen molar-refractivity contribution in [3.8, 4) is 5.82 Å². The van der Waals surface area contributed by atoms with E-state index in [1.165, 1.54) is 0 Å². The summed E-state index contributed by atoms with van der Waals surface area (Å²) < 4.78 is 3.27. The van der Waals surface area contributed by atoms with Crippen LogP contribution in [0.4, 0.5) is 0 Å². The first-order chi connectivity index (χ1) is 13.1. The van der Waals surface area contributed by atoms with Gasteiger partial charge in [0.15, 0.2) is 17.5 Å². The summed E-state index contributed by atoms with van der Waals surface area (Å²) in [6, 6.07) is 13.0. The van der Waals surface area contributed by atoms with E-state index < -0.39 is 0 Å². The normalized spacial score (nSPS) is 11.4. The summed E-state index contributed by atoms with van der Waals surface area (Å²) in [5.74, 6) is 2.51.